The van der Waals surface area contributed by atoms with Gasteiger partial charge in [-0.2, -0.15) is 0 Å². The predicted octanol–water partition coefficient (Wildman–Crippen LogP) is 3.49. The third kappa shape index (κ3) is 3.05. The van der Waals surface area contributed by atoms with Gasteiger partial charge in [-0.25, -0.2) is 0 Å². The van der Waals surface area contributed by atoms with Crippen LogP contribution in [0.25, 0.3) is 0 Å². The molecule has 100 valence electrons. The Hall–Kier alpha value is -1.02. The van der Waals surface area contributed by atoms with E-state index in [1.807, 2.05) is 13.8 Å². The van der Waals surface area contributed by atoms with Gasteiger partial charge in [0.2, 0.25) is 0 Å². The van der Waals surface area contributed by atoms with E-state index in [1.165, 1.54) is 25.1 Å². The van der Waals surface area contributed by atoms with Crippen molar-refractivity contribution in [3.8, 4) is 5.75 Å². The first-order valence-corrected chi connectivity index (χ1v) is 6.97. The van der Waals surface area contributed by atoms with Crippen molar-refractivity contribution in [1.82, 2.24) is 4.90 Å². The zero-order chi connectivity index (χ0) is 13.3. The van der Waals surface area contributed by atoms with Crippen molar-refractivity contribution in [2.75, 3.05) is 13.1 Å². The Morgan fingerprint density at radius 3 is 2.11 bits per heavy atom. The number of phenolic OH excluding ortho intramolecular Hbond substituents is 1. The molecule has 0 spiro atoms. The monoisotopic (exact) mass is 247 g/mol. The molecule has 0 aliphatic carbocycles. The van der Waals surface area contributed by atoms with Crippen LogP contribution in [0.1, 0.15) is 37.0 Å². The first-order chi connectivity index (χ1) is 8.45. The Labute approximate surface area is 111 Å². The largest absolute Gasteiger partial charge is 0.507 e. The zero-order valence-corrected chi connectivity index (χ0v) is 12.0. The van der Waals surface area contributed by atoms with Crippen molar-refractivity contribution in [3.05, 3.63) is 28.8 Å². The van der Waals surface area contributed by atoms with Crippen LogP contribution in [-0.2, 0) is 6.54 Å². The molecule has 2 unspecified atom stereocenters. The molecule has 0 bridgehead atoms. The molecule has 0 radical (unpaired) electrons. The number of piperidine rings is 1. The standard InChI is InChI=1S/C16H25NO/c1-11-5-12(2)9-17(8-11)10-15-6-13(3)16(18)14(4)7-15/h6-7,11-12,18H,5,8-10H2,1-4H3. The molecule has 1 aliphatic heterocycles. The van der Waals surface area contributed by atoms with Crippen molar-refractivity contribution in [2.45, 2.75) is 40.7 Å². The van der Waals surface area contributed by atoms with Gasteiger partial charge < -0.3 is 5.11 Å². The quantitative estimate of drug-likeness (QED) is 0.864. The molecule has 1 aromatic rings. The summed E-state index contributed by atoms with van der Waals surface area (Å²) in [4.78, 5) is 2.55. The fourth-order valence-corrected chi connectivity index (χ4v) is 3.32. The van der Waals surface area contributed by atoms with Crippen molar-refractivity contribution < 1.29 is 5.11 Å². The minimum Gasteiger partial charge on any atom is -0.507 e. The SMILES string of the molecule is Cc1cc(CN2CC(C)CC(C)C2)cc(C)c1O. The van der Waals surface area contributed by atoms with E-state index < -0.39 is 0 Å². The lowest BCUT2D eigenvalue weighted by atomic mass is 9.91. The van der Waals surface area contributed by atoms with E-state index >= 15 is 0 Å². The highest BCUT2D eigenvalue weighted by Crippen LogP contribution is 2.26. The van der Waals surface area contributed by atoms with E-state index in [4.69, 9.17) is 0 Å². The normalized spacial score (nSPS) is 25.3. The Kier molecular flexibility index (Phi) is 3.96. The maximum Gasteiger partial charge on any atom is 0.121 e. The molecule has 2 heteroatoms. The minimum atomic E-state index is 0.444. The van der Waals surface area contributed by atoms with Crippen LogP contribution >= 0.6 is 0 Å². The van der Waals surface area contributed by atoms with E-state index in [0.717, 1.165) is 29.5 Å². The van der Waals surface area contributed by atoms with E-state index in [-0.39, 0.29) is 0 Å². The fourth-order valence-electron chi connectivity index (χ4n) is 3.32. The highest BCUT2D eigenvalue weighted by molar-refractivity contribution is 5.42. The summed E-state index contributed by atoms with van der Waals surface area (Å²) in [6.07, 6.45) is 1.35. The van der Waals surface area contributed by atoms with Gasteiger partial charge in [-0.3, -0.25) is 4.90 Å². The van der Waals surface area contributed by atoms with Gasteiger partial charge in [0.1, 0.15) is 5.75 Å². The third-order valence-electron chi connectivity index (χ3n) is 3.90. The maximum absolute atomic E-state index is 9.81. The topological polar surface area (TPSA) is 23.5 Å². The molecule has 1 heterocycles. The van der Waals surface area contributed by atoms with Crippen LogP contribution in [-0.4, -0.2) is 23.1 Å². The first kappa shape index (κ1) is 13.4. The molecule has 1 aromatic carbocycles. The second-order valence-electron chi connectivity index (χ2n) is 6.22. The van der Waals surface area contributed by atoms with Crippen LogP contribution in [0, 0.1) is 25.7 Å². The lowest BCUT2D eigenvalue weighted by molar-refractivity contribution is 0.134. The molecule has 1 aliphatic rings. The van der Waals surface area contributed by atoms with Crippen molar-refractivity contribution >= 4 is 0 Å². The predicted molar refractivity (Wildman–Crippen MR) is 75.8 cm³/mol. The zero-order valence-electron chi connectivity index (χ0n) is 12.0. The highest BCUT2D eigenvalue weighted by atomic mass is 16.3. The Bertz CT molecular complexity index is 394. The summed E-state index contributed by atoms with van der Waals surface area (Å²) in [5.74, 6) is 2.04. The molecule has 2 atom stereocenters. The average Bonchev–Trinajstić information content (AvgIpc) is 2.24. The van der Waals surface area contributed by atoms with Gasteiger partial charge in [-0.15, -0.1) is 0 Å². The lowest BCUT2D eigenvalue weighted by Crippen LogP contribution is -2.38. The number of benzene rings is 1. The van der Waals surface area contributed by atoms with Gasteiger partial charge in [-0.1, -0.05) is 26.0 Å². The van der Waals surface area contributed by atoms with Crippen molar-refractivity contribution in [2.24, 2.45) is 11.8 Å². The Morgan fingerprint density at radius 1 is 1.11 bits per heavy atom. The summed E-state index contributed by atoms with van der Waals surface area (Å²) in [7, 11) is 0. The molecule has 1 saturated heterocycles. The summed E-state index contributed by atoms with van der Waals surface area (Å²) < 4.78 is 0. The van der Waals surface area contributed by atoms with Crippen LogP contribution in [0.15, 0.2) is 12.1 Å². The van der Waals surface area contributed by atoms with E-state index in [0.29, 0.717) is 5.75 Å². The average molecular weight is 247 g/mol. The summed E-state index contributed by atoms with van der Waals surface area (Å²) in [5, 5.41) is 9.81. The van der Waals surface area contributed by atoms with Gasteiger partial charge in [0.05, 0.1) is 0 Å². The molecule has 1 fully saturated rings. The summed E-state index contributed by atoms with van der Waals surface area (Å²) in [5.41, 5.74) is 3.30. The molecule has 2 nitrogen and oxygen atoms in total. The van der Waals surface area contributed by atoms with Gasteiger partial charge >= 0.3 is 0 Å². The number of likely N-dealkylation sites (tertiary alicyclic amines) is 1. The summed E-state index contributed by atoms with van der Waals surface area (Å²) in [6.45, 7) is 12.1. The highest BCUT2D eigenvalue weighted by Gasteiger charge is 2.21. The molecular formula is C16H25NO. The van der Waals surface area contributed by atoms with Gasteiger partial charge in [0.15, 0.2) is 0 Å². The van der Waals surface area contributed by atoms with Crippen molar-refractivity contribution in [1.29, 1.82) is 0 Å². The number of nitrogens with zero attached hydrogens (tertiary/aromatic N) is 1. The summed E-state index contributed by atoms with van der Waals surface area (Å²) >= 11 is 0. The Morgan fingerprint density at radius 2 is 1.61 bits per heavy atom. The molecular weight excluding hydrogens is 222 g/mol. The van der Waals surface area contributed by atoms with E-state index in [2.05, 4.69) is 30.9 Å². The molecule has 18 heavy (non-hydrogen) atoms. The molecule has 0 amide bonds. The smallest absolute Gasteiger partial charge is 0.121 e. The molecule has 1 N–H and O–H groups in total. The minimum absolute atomic E-state index is 0.444. The second-order valence-corrected chi connectivity index (χ2v) is 6.22. The summed E-state index contributed by atoms with van der Waals surface area (Å²) in [6, 6.07) is 4.23. The van der Waals surface area contributed by atoms with E-state index in [1.54, 1.807) is 0 Å². The van der Waals surface area contributed by atoms with Crippen LogP contribution in [0.4, 0.5) is 0 Å². The van der Waals surface area contributed by atoms with Crippen LogP contribution in [0.5, 0.6) is 5.75 Å². The van der Waals surface area contributed by atoms with Crippen LogP contribution in [0.3, 0.4) is 0 Å². The van der Waals surface area contributed by atoms with Crippen LogP contribution < -0.4 is 0 Å². The van der Waals surface area contributed by atoms with Gasteiger partial charge in [0, 0.05) is 19.6 Å². The third-order valence-corrected chi connectivity index (χ3v) is 3.90. The number of phenols is 1. The molecule has 0 aromatic heterocycles. The van der Waals surface area contributed by atoms with Crippen molar-refractivity contribution in [3.63, 3.8) is 0 Å². The number of aryl methyl sites for hydroxylation is 2. The lowest BCUT2D eigenvalue weighted by Gasteiger charge is -2.35. The fraction of sp³-hybridized carbons (Fsp3) is 0.625. The van der Waals surface area contributed by atoms with Gasteiger partial charge in [-0.05, 0) is 48.8 Å². The van der Waals surface area contributed by atoms with Crippen LogP contribution in [0.2, 0.25) is 0 Å². The Balaban J connectivity index is 2.09. The van der Waals surface area contributed by atoms with Gasteiger partial charge in [0.25, 0.3) is 0 Å². The number of aromatic hydroxyl groups is 1. The number of rotatable bonds is 2. The number of hydrogen-bond donors (Lipinski definition) is 1. The molecule has 2 rings (SSSR count). The second kappa shape index (κ2) is 5.31. The van der Waals surface area contributed by atoms with E-state index in [9.17, 15) is 5.11 Å². The number of hydrogen-bond acceptors (Lipinski definition) is 2. The molecule has 0 saturated carbocycles. The first-order valence-electron chi connectivity index (χ1n) is 6.97. The maximum atomic E-state index is 9.81.